The van der Waals surface area contributed by atoms with Crippen molar-refractivity contribution in [2.45, 2.75) is 25.7 Å². The van der Waals surface area contributed by atoms with Gasteiger partial charge in [0.2, 0.25) is 0 Å². The van der Waals surface area contributed by atoms with Crippen LogP contribution in [-0.4, -0.2) is 44.2 Å². The van der Waals surface area contributed by atoms with Gasteiger partial charge in [0, 0.05) is 30.2 Å². The number of aromatic nitrogens is 1. The highest BCUT2D eigenvalue weighted by atomic mass is 32.2. The molecule has 1 N–H and O–H groups in total. The highest BCUT2D eigenvalue weighted by Gasteiger charge is 2.13. The predicted octanol–water partition coefficient (Wildman–Crippen LogP) is 4.62. The van der Waals surface area contributed by atoms with Crippen molar-refractivity contribution < 1.29 is 12.6 Å². The summed E-state index contributed by atoms with van der Waals surface area (Å²) in [5.74, 6) is 0.361. The lowest BCUT2D eigenvalue weighted by Crippen LogP contribution is -2.29. The maximum Gasteiger partial charge on any atom is 0.306 e. The van der Waals surface area contributed by atoms with Crippen LogP contribution in [0, 0.1) is 0 Å². The summed E-state index contributed by atoms with van der Waals surface area (Å²) in [4.78, 5) is 5.78. The molecular weight excluding hydrogens is 396 g/mol. The average Bonchev–Trinajstić information content (AvgIpc) is 3.13. The molecule has 3 aromatic rings. The second kappa shape index (κ2) is 9.06. The van der Waals surface area contributed by atoms with E-state index in [1.807, 2.05) is 18.3 Å². The van der Waals surface area contributed by atoms with Crippen molar-refractivity contribution in [3.63, 3.8) is 0 Å². The van der Waals surface area contributed by atoms with Crippen molar-refractivity contribution in [2.75, 3.05) is 25.9 Å². The molecule has 0 bridgehead atoms. The van der Waals surface area contributed by atoms with E-state index < -0.39 is 10.1 Å². The molecule has 6 heteroatoms. The number of unbranched alkanes of at least 4 members (excludes halogenated alkanes) is 1. The Morgan fingerprint density at radius 1 is 1.10 bits per heavy atom. The lowest BCUT2D eigenvalue weighted by atomic mass is 9.99. The number of H-pyrrole nitrogens is 1. The van der Waals surface area contributed by atoms with Crippen LogP contribution in [0.25, 0.3) is 16.5 Å². The number of aromatic amines is 1. The minimum atomic E-state index is -3.52. The summed E-state index contributed by atoms with van der Waals surface area (Å²) >= 11 is 0. The smallest absolute Gasteiger partial charge is 0.306 e. The van der Waals surface area contributed by atoms with Crippen molar-refractivity contribution in [1.82, 2.24) is 9.88 Å². The second-order valence-corrected chi connectivity index (χ2v) is 9.49. The van der Waals surface area contributed by atoms with Crippen molar-refractivity contribution in [3.8, 4) is 5.75 Å². The summed E-state index contributed by atoms with van der Waals surface area (Å²) in [7, 11) is -3.52. The number of hydrogen-bond acceptors (Lipinski definition) is 4. The molecule has 0 saturated heterocycles. The Morgan fingerprint density at radius 2 is 1.93 bits per heavy atom. The molecule has 1 aliphatic heterocycles. The van der Waals surface area contributed by atoms with Gasteiger partial charge < -0.3 is 9.17 Å². The van der Waals surface area contributed by atoms with Gasteiger partial charge in [-0.3, -0.25) is 4.90 Å². The molecule has 0 fully saturated rings. The first kappa shape index (κ1) is 20.7. The Balaban J connectivity index is 1.28. The van der Waals surface area contributed by atoms with E-state index in [-0.39, 0.29) is 0 Å². The number of nitrogens with one attached hydrogen (secondary N) is 1. The van der Waals surface area contributed by atoms with Gasteiger partial charge in [0.05, 0.1) is 6.26 Å². The van der Waals surface area contributed by atoms with Gasteiger partial charge in [-0.05, 0) is 67.1 Å². The molecule has 30 heavy (non-hydrogen) atoms. The first-order valence-electron chi connectivity index (χ1n) is 10.4. The molecule has 0 atom stereocenters. The molecule has 2 aromatic carbocycles. The van der Waals surface area contributed by atoms with Gasteiger partial charge in [0.25, 0.3) is 0 Å². The Hall–Kier alpha value is -2.57. The summed E-state index contributed by atoms with van der Waals surface area (Å²) in [6.07, 6.45) is 9.74. The van der Waals surface area contributed by atoms with Crippen LogP contribution in [0.1, 0.15) is 30.4 Å². The SMILES string of the molecule is CS(=O)(=O)Oc1ccc2[nH]cc(CCCCN3CC=C(c4ccccc4)CC3)c2c1. The van der Waals surface area contributed by atoms with E-state index in [1.54, 1.807) is 6.07 Å². The number of nitrogens with zero attached hydrogens (tertiary/aromatic N) is 1. The third-order valence-corrected chi connectivity index (χ3v) is 6.09. The topological polar surface area (TPSA) is 62.4 Å². The van der Waals surface area contributed by atoms with Gasteiger partial charge in [0.15, 0.2) is 0 Å². The number of fused-ring (bicyclic) bond motifs is 1. The van der Waals surface area contributed by atoms with Crippen LogP contribution in [0.3, 0.4) is 0 Å². The Labute approximate surface area is 178 Å². The van der Waals surface area contributed by atoms with Crippen LogP contribution in [0.2, 0.25) is 0 Å². The van der Waals surface area contributed by atoms with Crippen LogP contribution in [-0.2, 0) is 16.5 Å². The van der Waals surface area contributed by atoms with Gasteiger partial charge in [-0.2, -0.15) is 8.42 Å². The molecule has 0 spiro atoms. The van der Waals surface area contributed by atoms with E-state index in [2.05, 4.69) is 46.3 Å². The summed E-state index contributed by atoms with van der Waals surface area (Å²) in [5.41, 5.74) is 5.00. The minimum absolute atomic E-state index is 0.361. The zero-order valence-corrected chi connectivity index (χ0v) is 18.1. The van der Waals surface area contributed by atoms with Crippen molar-refractivity contribution in [3.05, 3.63) is 71.9 Å². The van der Waals surface area contributed by atoms with E-state index in [0.717, 1.165) is 62.5 Å². The number of aryl methyl sites for hydroxylation is 1. The third-order valence-electron chi connectivity index (χ3n) is 5.59. The molecular formula is C24H28N2O3S. The zero-order valence-electron chi connectivity index (χ0n) is 17.3. The van der Waals surface area contributed by atoms with Crippen LogP contribution in [0.4, 0.5) is 0 Å². The maximum atomic E-state index is 11.4. The molecule has 4 rings (SSSR count). The number of rotatable bonds is 8. The van der Waals surface area contributed by atoms with Gasteiger partial charge in [-0.25, -0.2) is 0 Å². The van der Waals surface area contributed by atoms with Crippen LogP contribution >= 0.6 is 0 Å². The highest BCUT2D eigenvalue weighted by Crippen LogP contribution is 2.26. The highest BCUT2D eigenvalue weighted by molar-refractivity contribution is 7.86. The Morgan fingerprint density at radius 3 is 2.67 bits per heavy atom. The van der Waals surface area contributed by atoms with Crippen LogP contribution in [0.5, 0.6) is 5.75 Å². The van der Waals surface area contributed by atoms with E-state index in [4.69, 9.17) is 4.18 Å². The Bertz CT molecular complexity index is 1130. The van der Waals surface area contributed by atoms with E-state index >= 15 is 0 Å². The first-order chi connectivity index (χ1) is 14.5. The third kappa shape index (κ3) is 5.32. The van der Waals surface area contributed by atoms with Crippen LogP contribution < -0.4 is 4.18 Å². The van der Waals surface area contributed by atoms with Gasteiger partial charge >= 0.3 is 10.1 Å². The molecule has 2 heterocycles. The van der Waals surface area contributed by atoms with Crippen molar-refractivity contribution in [1.29, 1.82) is 0 Å². The lowest BCUT2D eigenvalue weighted by molar-refractivity contribution is 0.295. The molecule has 0 unspecified atom stereocenters. The van der Waals surface area contributed by atoms with Crippen molar-refractivity contribution in [2.24, 2.45) is 0 Å². The summed E-state index contributed by atoms with van der Waals surface area (Å²) in [6, 6.07) is 16.0. The molecule has 1 aromatic heterocycles. The molecule has 0 aliphatic carbocycles. The standard InChI is InChI=1S/C24H28N2O3S/c1-30(27,28)29-22-10-11-24-23(17-22)21(18-25-24)9-5-6-14-26-15-12-20(13-16-26)19-7-3-2-4-8-19/h2-4,7-8,10-12,17-18,25H,5-6,9,13-16H2,1H3. The zero-order chi connectivity index (χ0) is 21.0. The van der Waals surface area contributed by atoms with E-state index in [9.17, 15) is 8.42 Å². The van der Waals surface area contributed by atoms with E-state index in [1.165, 1.54) is 16.7 Å². The average molecular weight is 425 g/mol. The fraction of sp³-hybridized carbons (Fsp3) is 0.333. The molecule has 1 aliphatic rings. The van der Waals surface area contributed by atoms with Gasteiger partial charge in [-0.15, -0.1) is 0 Å². The van der Waals surface area contributed by atoms with Crippen LogP contribution in [0.15, 0.2) is 60.8 Å². The summed E-state index contributed by atoms with van der Waals surface area (Å²) in [5, 5.41) is 1.03. The molecule has 0 amide bonds. The second-order valence-electron chi connectivity index (χ2n) is 7.91. The first-order valence-corrected chi connectivity index (χ1v) is 12.3. The summed E-state index contributed by atoms with van der Waals surface area (Å²) in [6.45, 7) is 3.23. The van der Waals surface area contributed by atoms with E-state index in [0.29, 0.717) is 5.75 Å². The Kier molecular flexibility index (Phi) is 6.25. The molecule has 158 valence electrons. The normalized spacial score (nSPS) is 15.3. The maximum absolute atomic E-state index is 11.4. The lowest BCUT2D eigenvalue weighted by Gasteiger charge is -2.26. The quantitative estimate of drug-likeness (QED) is 0.423. The molecule has 0 saturated carbocycles. The molecule has 5 nitrogen and oxygen atoms in total. The minimum Gasteiger partial charge on any atom is -0.383 e. The summed E-state index contributed by atoms with van der Waals surface area (Å²) < 4.78 is 27.8. The van der Waals surface area contributed by atoms with Crippen molar-refractivity contribution >= 4 is 26.6 Å². The molecule has 0 radical (unpaired) electrons. The largest absolute Gasteiger partial charge is 0.383 e. The predicted molar refractivity (Wildman–Crippen MR) is 122 cm³/mol. The fourth-order valence-corrected chi connectivity index (χ4v) is 4.52. The monoisotopic (exact) mass is 424 g/mol. The van der Waals surface area contributed by atoms with Gasteiger partial charge in [-0.1, -0.05) is 36.4 Å². The fourth-order valence-electron chi connectivity index (χ4n) is 4.07. The number of hydrogen-bond donors (Lipinski definition) is 1. The van der Waals surface area contributed by atoms with Gasteiger partial charge in [0.1, 0.15) is 5.75 Å². The number of benzene rings is 2.